The molecule has 3 aromatic rings. The van der Waals surface area contributed by atoms with Gasteiger partial charge in [0.25, 0.3) is 11.8 Å². The molecular formula is C25H23BrN2O4. The van der Waals surface area contributed by atoms with E-state index in [-0.39, 0.29) is 11.8 Å². The highest BCUT2D eigenvalue weighted by molar-refractivity contribution is 9.10. The molecule has 0 fully saturated rings. The third-order valence-corrected chi connectivity index (χ3v) is 5.89. The molecule has 0 aliphatic carbocycles. The molecule has 4 rings (SSSR count). The highest BCUT2D eigenvalue weighted by Crippen LogP contribution is 2.37. The zero-order valence-electron chi connectivity index (χ0n) is 17.9. The molecule has 0 radical (unpaired) electrons. The third-order valence-electron chi connectivity index (χ3n) is 5.30. The number of halogens is 1. The predicted octanol–water partition coefficient (Wildman–Crippen LogP) is 5.31. The summed E-state index contributed by atoms with van der Waals surface area (Å²) >= 11 is 3.44. The van der Waals surface area contributed by atoms with Crippen LogP contribution >= 0.6 is 15.9 Å². The summed E-state index contributed by atoms with van der Waals surface area (Å²) in [5, 5.41) is 2.86. The number of carbonyl (C=O) groups excluding carboxylic acids is 2. The van der Waals surface area contributed by atoms with Crippen LogP contribution in [0, 0.1) is 0 Å². The summed E-state index contributed by atoms with van der Waals surface area (Å²) in [7, 11) is 1.53. The van der Waals surface area contributed by atoms with E-state index in [1.54, 1.807) is 41.3 Å². The largest absolute Gasteiger partial charge is 0.493 e. The first-order chi connectivity index (χ1) is 15.5. The van der Waals surface area contributed by atoms with Crippen molar-refractivity contribution in [3.05, 3.63) is 81.8 Å². The van der Waals surface area contributed by atoms with E-state index in [0.717, 1.165) is 12.1 Å². The van der Waals surface area contributed by atoms with Crippen LogP contribution in [0.5, 0.6) is 11.5 Å². The van der Waals surface area contributed by atoms with Gasteiger partial charge in [0.15, 0.2) is 11.5 Å². The van der Waals surface area contributed by atoms with Crippen LogP contribution in [0.1, 0.15) is 33.2 Å². The van der Waals surface area contributed by atoms with Crippen molar-refractivity contribution in [3.63, 3.8) is 0 Å². The first-order valence-corrected chi connectivity index (χ1v) is 11.1. The lowest BCUT2D eigenvalue weighted by atomic mass is 10.1. The SMILES string of the molecule is CCOc1c(Br)cc(C(=O)Nc2ccc(C(=O)N3CCc4ccccc43)cc2)cc1OC. The summed E-state index contributed by atoms with van der Waals surface area (Å²) in [4.78, 5) is 27.5. The molecule has 3 aromatic carbocycles. The number of amides is 2. The number of para-hydroxylation sites is 1. The van der Waals surface area contributed by atoms with Crippen LogP contribution in [0.3, 0.4) is 0 Å². The van der Waals surface area contributed by atoms with Crippen molar-refractivity contribution >= 4 is 39.1 Å². The number of benzene rings is 3. The second-order valence-electron chi connectivity index (χ2n) is 7.29. The van der Waals surface area contributed by atoms with E-state index in [0.29, 0.717) is 45.9 Å². The van der Waals surface area contributed by atoms with Gasteiger partial charge in [0.1, 0.15) is 0 Å². The fourth-order valence-electron chi connectivity index (χ4n) is 3.74. The van der Waals surface area contributed by atoms with Crippen LogP contribution < -0.4 is 19.7 Å². The number of carbonyl (C=O) groups is 2. The minimum Gasteiger partial charge on any atom is -0.493 e. The minimum absolute atomic E-state index is 0.0481. The Labute approximate surface area is 195 Å². The second-order valence-corrected chi connectivity index (χ2v) is 8.14. The molecule has 164 valence electrons. The molecule has 2 amide bonds. The van der Waals surface area contributed by atoms with Crippen LogP contribution in [0.4, 0.5) is 11.4 Å². The number of methoxy groups -OCH3 is 1. The van der Waals surface area contributed by atoms with Crippen LogP contribution in [-0.2, 0) is 6.42 Å². The van der Waals surface area contributed by atoms with Gasteiger partial charge in [-0.25, -0.2) is 0 Å². The first kappa shape index (κ1) is 21.9. The van der Waals surface area contributed by atoms with Crippen molar-refractivity contribution in [1.82, 2.24) is 0 Å². The van der Waals surface area contributed by atoms with Gasteiger partial charge in [0.2, 0.25) is 0 Å². The van der Waals surface area contributed by atoms with E-state index < -0.39 is 0 Å². The summed E-state index contributed by atoms with van der Waals surface area (Å²) in [6, 6.07) is 18.2. The Balaban J connectivity index is 1.48. The number of anilines is 2. The molecule has 0 saturated carbocycles. The number of rotatable bonds is 6. The molecule has 1 aliphatic heterocycles. The molecule has 0 atom stereocenters. The minimum atomic E-state index is -0.292. The first-order valence-electron chi connectivity index (χ1n) is 10.3. The van der Waals surface area contributed by atoms with E-state index in [2.05, 4.69) is 27.3 Å². The van der Waals surface area contributed by atoms with Gasteiger partial charge in [-0.2, -0.15) is 0 Å². The van der Waals surface area contributed by atoms with Crippen molar-refractivity contribution in [2.75, 3.05) is 30.5 Å². The fraction of sp³-hybridized carbons (Fsp3) is 0.200. The normalized spacial score (nSPS) is 12.3. The van der Waals surface area contributed by atoms with E-state index in [4.69, 9.17) is 9.47 Å². The molecule has 0 unspecified atom stereocenters. The summed E-state index contributed by atoms with van der Waals surface area (Å²) < 4.78 is 11.6. The van der Waals surface area contributed by atoms with E-state index in [9.17, 15) is 9.59 Å². The molecule has 6 nitrogen and oxygen atoms in total. The molecule has 1 heterocycles. The van der Waals surface area contributed by atoms with Crippen LogP contribution in [0.25, 0.3) is 0 Å². The molecule has 0 bridgehead atoms. The number of fused-ring (bicyclic) bond motifs is 1. The maximum absolute atomic E-state index is 13.0. The average Bonchev–Trinajstić information content (AvgIpc) is 3.24. The maximum Gasteiger partial charge on any atom is 0.258 e. The van der Waals surface area contributed by atoms with Gasteiger partial charge >= 0.3 is 0 Å². The Morgan fingerprint density at radius 3 is 2.53 bits per heavy atom. The van der Waals surface area contributed by atoms with Crippen LogP contribution in [-0.4, -0.2) is 32.1 Å². The quantitative estimate of drug-likeness (QED) is 0.503. The molecule has 7 heteroatoms. The molecule has 1 aliphatic rings. The highest BCUT2D eigenvalue weighted by Gasteiger charge is 2.25. The molecule has 32 heavy (non-hydrogen) atoms. The Hall–Kier alpha value is -3.32. The fourth-order valence-corrected chi connectivity index (χ4v) is 4.30. The Morgan fingerprint density at radius 2 is 1.81 bits per heavy atom. The lowest BCUT2D eigenvalue weighted by Gasteiger charge is -2.17. The van der Waals surface area contributed by atoms with E-state index >= 15 is 0 Å². The van der Waals surface area contributed by atoms with Crippen molar-refractivity contribution < 1.29 is 19.1 Å². The predicted molar refractivity (Wildman–Crippen MR) is 128 cm³/mol. The van der Waals surface area contributed by atoms with Gasteiger partial charge in [0.05, 0.1) is 18.2 Å². The summed E-state index contributed by atoms with van der Waals surface area (Å²) in [5.74, 6) is 0.684. The zero-order chi connectivity index (χ0) is 22.7. The number of hydrogen-bond donors (Lipinski definition) is 1. The lowest BCUT2D eigenvalue weighted by Crippen LogP contribution is -2.28. The van der Waals surface area contributed by atoms with Crippen molar-refractivity contribution in [1.29, 1.82) is 0 Å². The summed E-state index contributed by atoms with van der Waals surface area (Å²) in [5.41, 5.74) is 3.74. The van der Waals surface area contributed by atoms with E-state index in [1.165, 1.54) is 12.7 Å². The summed E-state index contributed by atoms with van der Waals surface area (Å²) in [6.07, 6.45) is 0.858. The highest BCUT2D eigenvalue weighted by atomic mass is 79.9. The molecule has 0 spiro atoms. The number of nitrogens with one attached hydrogen (secondary N) is 1. The Kier molecular flexibility index (Phi) is 6.46. The van der Waals surface area contributed by atoms with Gasteiger partial charge < -0.3 is 19.7 Å². The smallest absolute Gasteiger partial charge is 0.258 e. The Morgan fingerprint density at radius 1 is 1.06 bits per heavy atom. The summed E-state index contributed by atoms with van der Waals surface area (Å²) in [6.45, 7) is 3.03. The molecule has 1 N–H and O–H groups in total. The number of ether oxygens (including phenoxy) is 2. The maximum atomic E-state index is 13.0. The van der Waals surface area contributed by atoms with Crippen molar-refractivity contribution in [2.24, 2.45) is 0 Å². The van der Waals surface area contributed by atoms with Crippen molar-refractivity contribution in [3.8, 4) is 11.5 Å². The van der Waals surface area contributed by atoms with Crippen LogP contribution in [0.15, 0.2) is 65.1 Å². The van der Waals surface area contributed by atoms with Gasteiger partial charge in [-0.3, -0.25) is 9.59 Å². The standard InChI is InChI=1S/C25H23BrN2O4/c1-3-32-23-20(26)14-18(15-22(23)31-2)24(29)27-19-10-8-17(9-11-19)25(30)28-13-12-16-6-4-5-7-21(16)28/h4-11,14-15H,3,12-13H2,1-2H3,(H,27,29). The topological polar surface area (TPSA) is 67.9 Å². The van der Waals surface area contributed by atoms with Gasteiger partial charge in [-0.05, 0) is 77.3 Å². The van der Waals surface area contributed by atoms with E-state index in [1.807, 2.05) is 25.1 Å². The molecule has 0 aromatic heterocycles. The number of nitrogens with zero attached hydrogens (tertiary/aromatic N) is 1. The average molecular weight is 495 g/mol. The third kappa shape index (κ3) is 4.34. The Bertz CT molecular complexity index is 1160. The van der Waals surface area contributed by atoms with Gasteiger partial charge in [-0.15, -0.1) is 0 Å². The second kappa shape index (κ2) is 9.44. The molecule has 0 saturated heterocycles. The van der Waals surface area contributed by atoms with Gasteiger partial charge in [0, 0.05) is 29.0 Å². The molecular weight excluding hydrogens is 472 g/mol. The zero-order valence-corrected chi connectivity index (χ0v) is 19.4. The number of hydrogen-bond acceptors (Lipinski definition) is 4. The monoisotopic (exact) mass is 494 g/mol. The van der Waals surface area contributed by atoms with Crippen molar-refractivity contribution in [2.45, 2.75) is 13.3 Å². The lowest BCUT2D eigenvalue weighted by molar-refractivity contribution is 0.0988. The van der Waals surface area contributed by atoms with Gasteiger partial charge in [-0.1, -0.05) is 18.2 Å². The van der Waals surface area contributed by atoms with Crippen LogP contribution in [0.2, 0.25) is 0 Å².